The van der Waals surface area contributed by atoms with Gasteiger partial charge < -0.3 is 9.47 Å². The Balaban J connectivity index is 3.23. The van der Waals surface area contributed by atoms with Crippen LogP contribution in [0, 0.1) is 0 Å². The van der Waals surface area contributed by atoms with Crippen LogP contribution in [0.4, 0.5) is 10.5 Å². The summed E-state index contributed by atoms with van der Waals surface area (Å²) in [5, 5.41) is 8.96. The number of carbonyl (C=O) groups is 2. The molecular weight excluding hydrogens is 350 g/mol. The van der Waals surface area contributed by atoms with Gasteiger partial charge in [0.1, 0.15) is 5.60 Å². The van der Waals surface area contributed by atoms with Crippen molar-refractivity contribution in [2.75, 3.05) is 13.7 Å². The van der Waals surface area contributed by atoms with E-state index in [0.29, 0.717) is 12.1 Å². The lowest BCUT2D eigenvalue weighted by atomic mass is 10.1. The molecule has 9 nitrogen and oxygen atoms in total. The van der Waals surface area contributed by atoms with Crippen LogP contribution in [0.1, 0.15) is 56.5 Å². The summed E-state index contributed by atoms with van der Waals surface area (Å²) in [7, 11) is 1.23. The molecule has 1 rings (SSSR count). The Bertz CT molecular complexity index is 749. The number of nitrogens with zero attached hydrogens (tertiary/aromatic N) is 5. The van der Waals surface area contributed by atoms with Crippen LogP contribution in [0.25, 0.3) is 10.4 Å². The molecular formula is C18H25N5O4. The standard InChI is InChI=1S/C18H25N5O4/c1-6-7-11-23(17(25)27-18(2,3)4)20-12-13-9-8-10-14(16(24)26-5)15(13)21-22-19/h8-10,12H,6-7,11H2,1-5H3/b20-12-. The van der Waals surface area contributed by atoms with Crippen molar-refractivity contribution in [2.24, 2.45) is 10.2 Å². The lowest BCUT2D eigenvalue weighted by molar-refractivity contribution is 0.0253. The number of hydrogen-bond donors (Lipinski definition) is 0. The molecule has 0 spiro atoms. The first-order valence-electron chi connectivity index (χ1n) is 8.54. The number of unbranched alkanes of at least 4 members (excludes halogenated alkanes) is 1. The fourth-order valence-corrected chi connectivity index (χ4v) is 2.05. The van der Waals surface area contributed by atoms with Gasteiger partial charge in [-0.3, -0.25) is 0 Å². The Hall–Kier alpha value is -3.06. The Morgan fingerprint density at radius 2 is 2.04 bits per heavy atom. The van der Waals surface area contributed by atoms with Gasteiger partial charge in [0.05, 0.1) is 24.6 Å². The first-order chi connectivity index (χ1) is 12.7. The van der Waals surface area contributed by atoms with Crippen LogP contribution in [0.5, 0.6) is 0 Å². The molecule has 0 radical (unpaired) electrons. The summed E-state index contributed by atoms with van der Waals surface area (Å²) in [5.41, 5.74) is 8.72. The molecule has 0 saturated heterocycles. The van der Waals surface area contributed by atoms with Gasteiger partial charge in [0, 0.05) is 17.0 Å². The zero-order valence-electron chi connectivity index (χ0n) is 16.3. The molecule has 1 aromatic carbocycles. The van der Waals surface area contributed by atoms with E-state index in [1.54, 1.807) is 32.9 Å². The van der Waals surface area contributed by atoms with Gasteiger partial charge in [-0.25, -0.2) is 9.59 Å². The van der Waals surface area contributed by atoms with E-state index in [4.69, 9.17) is 15.0 Å². The molecule has 9 heteroatoms. The van der Waals surface area contributed by atoms with E-state index in [0.717, 1.165) is 12.8 Å². The summed E-state index contributed by atoms with van der Waals surface area (Å²) >= 11 is 0. The number of rotatable bonds is 7. The summed E-state index contributed by atoms with van der Waals surface area (Å²) in [4.78, 5) is 27.0. The van der Waals surface area contributed by atoms with Crippen molar-refractivity contribution in [3.8, 4) is 0 Å². The van der Waals surface area contributed by atoms with Crippen LogP contribution in [0.3, 0.4) is 0 Å². The highest BCUT2D eigenvalue weighted by Crippen LogP contribution is 2.24. The Kier molecular flexibility index (Phi) is 8.29. The predicted molar refractivity (Wildman–Crippen MR) is 102 cm³/mol. The minimum atomic E-state index is -0.655. The van der Waals surface area contributed by atoms with Crippen LogP contribution in [-0.2, 0) is 9.47 Å². The van der Waals surface area contributed by atoms with Gasteiger partial charge in [0.15, 0.2) is 0 Å². The van der Waals surface area contributed by atoms with Crippen molar-refractivity contribution in [3.05, 3.63) is 39.8 Å². The average molecular weight is 375 g/mol. The number of hydrogen-bond acceptors (Lipinski definition) is 6. The maximum atomic E-state index is 12.4. The molecule has 0 bridgehead atoms. The number of carbonyl (C=O) groups excluding carboxylic acids is 2. The average Bonchev–Trinajstić information content (AvgIpc) is 2.60. The van der Waals surface area contributed by atoms with E-state index >= 15 is 0 Å². The topological polar surface area (TPSA) is 117 Å². The predicted octanol–water partition coefficient (Wildman–Crippen LogP) is 4.79. The molecule has 0 N–H and O–H groups in total. The zero-order valence-corrected chi connectivity index (χ0v) is 16.3. The monoisotopic (exact) mass is 375 g/mol. The van der Waals surface area contributed by atoms with Gasteiger partial charge in [-0.2, -0.15) is 10.1 Å². The zero-order chi connectivity index (χ0) is 20.4. The highest BCUT2D eigenvalue weighted by molar-refractivity contribution is 6.00. The number of methoxy groups -OCH3 is 1. The van der Waals surface area contributed by atoms with Crippen LogP contribution in [0.2, 0.25) is 0 Å². The van der Waals surface area contributed by atoms with E-state index < -0.39 is 17.7 Å². The van der Waals surface area contributed by atoms with Gasteiger partial charge >= 0.3 is 12.1 Å². The van der Waals surface area contributed by atoms with Crippen LogP contribution in [-0.4, -0.2) is 42.5 Å². The molecule has 0 aliphatic heterocycles. The van der Waals surface area contributed by atoms with Crippen LogP contribution >= 0.6 is 0 Å². The molecule has 0 aliphatic rings. The second kappa shape index (κ2) is 10.2. The lowest BCUT2D eigenvalue weighted by Crippen LogP contribution is -2.34. The van der Waals surface area contributed by atoms with Crippen LogP contribution in [0.15, 0.2) is 28.4 Å². The van der Waals surface area contributed by atoms with Gasteiger partial charge in [0.2, 0.25) is 0 Å². The van der Waals surface area contributed by atoms with Gasteiger partial charge in [-0.05, 0) is 38.8 Å². The Morgan fingerprint density at radius 3 is 2.59 bits per heavy atom. The van der Waals surface area contributed by atoms with Crippen molar-refractivity contribution >= 4 is 24.0 Å². The maximum absolute atomic E-state index is 12.4. The van der Waals surface area contributed by atoms with Crippen LogP contribution < -0.4 is 0 Å². The van der Waals surface area contributed by atoms with Crippen molar-refractivity contribution < 1.29 is 19.1 Å². The number of ether oxygens (including phenoxy) is 2. The summed E-state index contributed by atoms with van der Waals surface area (Å²) < 4.78 is 10.1. The highest BCUT2D eigenvalue weighted by Gasteiger charge is 2.21. The molecule has 0 aliphatic carbocycles. The minimum Gasteiger partial charge on any atom is -0.465 e. The highest BCUT2D eigenvalue weighted by atomic mass is 16.6. The number of esters is 1. The van der Waals surface area contributed by atoms with E-state index in [2.05, 4.69) is 15.1 Å². The molecule has 27 heavy (non-hydrogen) atoms. The fraction of sp³-hybridized carbons (Fsp3) is 0.500. The molecule has 146 valence electrons. The normalized spacial score (nSPS) is 11.0. The summed E-state index contributed by atoms with van der Waals surface area (Å²) in [5.74, 6) is -0.636. The number of azide groups is 1. The summed E-state index contributed by atoms with van der Waals surface area (Å²) in [6.07, 6.45) is 2.39. The third-order valence-corrected chi connectivity index (χ3v) is 3.28. The lowest BCUT2D eigenvalue weighted by Gasteiger charge is -2.24. The molecule has 1 aromatic rings. The number of hydrazone groups is 1. The molecule has 0 saturated carbocycles. The van der Waals surface area contributed by atoms with Gasteiger partial charge in [-0.1, -0.05) is 30.6 Å². The van der Waals surface area contributed by atoms with Crippen molar-refractivity contribution in [1.82, 2.24) is 5.01 Å². The minimum absolute atomic E-state index is 0.0789. The third-order valence-electron chi connectivity index (χ3n) is 3.28. The summed E-state index contributed by atoms with van der Waals surface area (Å²) in [6, 6.07) is 4.71. The fourth-order valence-electron chi connectivity index (χ4n) is 2.05. The molecule has 0 fully saturated rings. The van der Waals surface area contributed by atoms with E-state index in [1.807, 2.05) is 6.92 Å². The Labute approximate surface area is 158 Å². The first kappa shape index (κ1) is 22.0. The van der Waals surface area contributed by atoms with Crippen molar-refractivity contribution in [1.29, 1.82) is 0 Å². The SMILES string of the molecule is CCCCN(/N=C\c1cccc(C(=O)OC)c1N=[N+]=[N-])C(=O)OC(C)(C)C. The van der Waals surface area contributed by atoms with Crippen molar-refractivity contribution in [3.63, 3.8) is 0 Å². The van der Waals surface area contributed by atoms with Gasteiger partial charge in [-0.15, -0.1) is 0 Å². The Morgan fingerprint density at radius 1 is 1.33 bits per heavy atom. The third kappa shape index (κ3) is 6.99. The molecule has 1 amide bonds. The van der Waals surface area contributed by atoms with Crippen molar-refractivity contribution in [2.45, 2.75) is 46.1 Å². The van der Waals surface area contributed by atoms with E-state index in [1.165, 1.54) is 24.4 Å². The van der Waals surface area contributed by atoms with E-state index in [-0.39, 0.29) is 11.3 Å². The maximum Gasteiger partial charge on any atom is 0.430 e. The largest absolute Gasteiger partial charge is 0.465 e. The second-order valence-corrected chi connectivity index (χ2v) is 6.63. The smallest absolute Gasteiger partial charge is 0.430 e. The van der Waals surface area contributed by atoms with Gasteiger partial charge in [0.25, 0.3) is 0 Å². The molecule has 0 heterocycles. The first-order valence-corrected chi connectivity index (χ1v) is 8.54. The number of amides is 1. The quantitative estimate of drug-likeness (QED) is 0.170. The second-order valence-electron chi connectivity index (χ2n) is 6.63. The molecule has 0 atom stereocenters. The molecule has 0 aromatic heterocycles. The molecule has 0 unspecified atom stereocenters. The van der Waals surface area contributed by atoms with E-state index in [9.17, 15) is 9.59 Å². The number of benzene rings is 1. The summed E-state index contributed by atoms with van der Waals surface area (Å²) in [6.45, 7) is 7.68.